The molecule has 0 aromatic rings. The van der Waals surface area contributed by atoms with Gasteiger partial charge in [-0.2, -0.15) is 0 Å². The largest absolute Gasteiger partial charge is 0.480 e. The molecule has 5 nitrogen and oxygen atoms in total. The topological polar surface area (TPSA) is 81.8 Å². The summed E-state index contributed by atoms with van der Waals surface area (Å²) in [6.07, 6.45) is -0.877. The lowest BCUT2D eigenvalue weighted by Crippen LogP contribution is -2.43. The first kappa shape index (κ1) is 9.35. The van der Waals surface area contributed by atoms with Gasteiger partial charge in [-0.05, 0) is 0 Å². The van der Waals surface area contributed by atoms with Crippen LogP contribution in [0.3, 0.4) is 0 Å². The Kier molecular flexibility index (Phi) is 3.94. The molecule has 0 aliphatic rings. The second-order valence-electron chi connectivity index (χ2n) is 1.70. The van der Waals surface area contributed by atoms with Gasteiger partial charge in [0.2, 0.25) is 0 Å². The van der Waals surface area contributed by atoms with Gasteiger partial charge in [-0.25, -0.2) is 0 Å². The zero-order valence-electron chi connectivity index (χ0n) is 5.90. The van der Waals surface area contributed by atoms with Crippen molar-refractivity contribution >= 4 is 5.97 Å². The van der Waals surface area contributed by atoms with E-state index in [0.717, 1.165) is 0 Å². The van der Waals surface area contributed by atoms with E-state index in [1.165, 1.54) is 14.2 Å². The number of aliphatic carboxylic acids is 1. The van der Waals surface area contributed by atoms with Gasteiger partial charge >= 0.3 is 5.97 Å². The van der Waals surface area contributed by atoms with E-state index in [-0.39, 0.29) is 0 Å². The summed E-state index contributed by atoms with van der Waals surface area (Å²) in [7, 11) is 2.66. The SMILES string of the molecule is COC(OC)[C@H](N)C(=O)O. The van der Waals surface area contributed by atoms with Crippen LogP contribution in [0.2, 0.25) is 0 Å². The van der Waals surface area contributed by atoms with E-state index in [1.54, 1.807) is 0 Å². The van der Waals surface area contributed by atoms with Crippen molar-refractivity contribution in [2.24, 2.45) is 5.73 Å². The number of hydrogen-bond donors (Lipinski definition) is 2. The fourth-order valence-corrected chi connectivity index (χ4v) is 0.506. The summed E-state index contributed by atoms with van der Waals surface area (Å²) < 4.78 is 9.19. The zero-order chi connectivity index (χ0) is 8.15. The molecule has 0 spiro atoms. The summed E-state index contributed by atoms with van der Waals surface area (Å²) in [5.74, 6) is -1.14. The van der Waals surface area contributed by atoms with Crippen LogP contribution in [-0.2, 0) is 14.3 Å². The van der Waals surface area contributed by atoms with E-state index in [4.69, 9.17) is 10.8 Å². The van der Waals surface area contributed by atoms with Gasteiger partial charge < -0.3 is 20.3 Å². The van der Waals surface area contributed by atoms with Gasteiger partial charge in [0.05, 0.1) is 0 Å². The van der Waals surface area contributed by atoms with E-state index in [9.17, 15) is 4.79 Å². The molecule has 0 fully saturated rings. The highest BCUT2D eigenvalue weighted by atomic mass is 16.7. The van der Waals surface area contributed by atoms with Crippen LogP contribution in [0, 0.1) is 0 Å². The lowest BCUT2D eigenvalue weighted by Gasteiger charge is -2.16. The van der Waals surface area contributed by atoms with Crippen molar-refractivity contribution in [3.05, 3.63) is 0 Å². The summed E-state index contributed by atoms with van der Waals surface area (Å²) in [5.41, 5.74) is 5.13. The highest BCUT2D eigenvalue weighted by Gasteiger charge is 2.22. The molecule has 5 heteroatoms. The Hall–Kier alpha value is -0.650. The number of nitrogens with two attached hydrogens (primary N) is 1. The van der Waals surface area contributed by atoms with Gasteiger partial charge in [-0.15, -0.1) is 0 Å². The molecular formula is C5H11NO4. The average Bonchev–Trinajstić information content (AvgIpc) is 1.90. The average molecular weight is 149 g/mol. The number of rotatable bonds is 4. The second-order valence-corrected chi connectivity index (χ2v) is 1.70. The summed E-state index contributed by atoms with van der Waals surface area (Å²) >= 11 is 0. The maximum atomic E-state index is 10.2. The number of hydrogen-bond acceptors (Lipinski definition) is 4. The molecule has 0 aromatic carbocycles. The zero-order valence-corrected chi connectivity index (χ0v) is 5.90. The van der Waals surface area contributed by atoms with Gasteiger partial charge in [0.15, 0.2) is 12.3 Å². The van der Waals surface area contributed by atoms with Crippen molar-refractivity contribution < 1.29 is 19.4 Å². The standard InChI is InChI=1S/C5H11NO4/c1-9-5(10-2)3(6)4(7)8/h3,5H,6H2,1-2H3,(H,7,8)/t3-/m1/s1. The molecule has 0 rings (SSSR count). The van der Waals surface area contributed by atoms with E-state index in [2.05, 4.69) is 9.47 Å². The number of methoxy groups -OCH3 is 2. The molecule has 0 amide bonds. The van der Waals surface area contributed by atoms with Gasteiger partial charge in [-0.3, -0.25) is 4.79 Å². The van der Waals surface area contributed by atoms with Gasteiger partial charge in [0.1, 0.15) is 0 Å². The molecule has 10 heavy (non-hydrogen) atoms. The number of ether oxygens (including phenoxy) is 2. The molecular weight excluding hydrogens is 138 g/mol. The summed E-state index contributed by atoms with van der Waals surface area (Å²) in [5, 5.41) is 8.33. The summed E-state index contributed by atoms with van der Waals surface area (Å²) in [6, 6.07) is -1.13. The number of carboxylic acid groups (broad SMARTS) is 1. The van der Waals surface area contributed by atoms with Crippen LogP contribution in [-0.4, -0.2) is 37.6 Å². The quantitative estimate of drug-likeness (QED) is 0.502. The first-order chi connectivity index (χ1) is 4.63. The van der Waals surface area contributed by atoms with Crippen molar-refractivity contribution in [3.8, 4) is 0 Å². The smallest absolute Gasteiger partial charge is 0.325 e. The predicted molar refractivity (Wildman–Crippen MR) is 33.4 cm³/mol. The van der Waals surface area contributed by atoms with Crippen LogP contribution in [0.4, 0.5) is 0 Å². The van der Waals surface area contributed by atoms with Crippen molar-refractivity contribution in [3.63, 3.8) is 0 Å². The molecule has 0 aliphatic carbocycles. The fourth-order valence-electron chi connectivity index (χ4n) is 0.506. The Morgan fingerprint density at radius 1 is 1.50 bits per heavy atom. The van der Waals surface area contributed by atoms with Crippen molar-refractivity contribution in [2.75, 3.05) is 14.2 Å². The van der Waals surface area contributed by atoms with Crippen molar-refractivity contribution in [1.82, 2.24) is 0 Å². The third kappa shape index (κ3) is 2.30. The Morgan fingerprint density at radius 3 is 2.00 bits per heavy atom. The molecule has 1 atom stereocenters. The van der Waals surface area contributed by atoms with Crippen LogP contribution in [0.25, 0.3) is 0 Å². The fraction of sp³-hybridized carbons (Fsp3) is 0.800. The highest BCUT2D eigenvalue weighted by molar-refractivity contribution is 5.73. The molecule has 0 aliphatic heterocycles. The first-order valence-electron chi connectivity index (χ1n) is 2.67. The third-order valence-electron chi connectivity index (χ3n) is 1.04. The summed E-state index contributed by atoms with van der Waals surface area (Å²) in [4.78, 5) is 10.2. The first-order valence-corrected chi connectivity index (χ1v) is 2.67. The summed E-state index contributed by atoms with van der Waals surface area (Å²) in [6.45, 7) is 0. The third-order valence-corrected chi connectivity index (χ3v) is 1.04. The lowest BCUT2D eigenvalue weighted by atomic mass is 10.3. The van der Waals surface area contributed by atoms with Crippen LogP contribution >= 0.6 is 0 Å². The van der Waals surface area contributed by atoms with Crippen LogP contribution in [0.15, 0.2) is 0 Å². The Balaban J connectivity index is 3.88. The van der Waals surface area contributed by atoms with Crippen LogP contribution < -0.4 is 5.73 Å². The van der Waals surface area contributed by atoms with Crippen molar-refractivity contribution in [1.29, 1.82) is 0 Å². The normalized spacial score (nSPS) is 13.6. The molecule has 0 aromatic heterocycles. The minimum absolute atomic E-state index is 0.877. The Morgan fingerprint density at radius 2 is 1.90 bits per heavy atom. The minimum atomic E-state index is -1.14. The molecule has 0 saturated heterocycles. The Labute approximate surface area is 58.7 Å². The molecule has 60 valence electrons. The van der Waals surface area contributed by atoms with Crippen LogP contribution in [0.5, 0.6) is 0 Å². The highest BCUT2D eigenvalue weighted by Crippen LogP contribution is 1.95. The molecule has 0 bridgehead atoms. The van der Waals surface area contributed by atoms with E-state index < -0.39 is 18.3 Å². The van der Waals surface area contributed by atoms with E-state index >= 15 is 0 Å². The van der Waals surface area contributed by atoms with Crippen molar-refractivity contribution in [2.45, 2.75) is 12.3 Å². The molecule has 0 saturated carbocycles. The molecule has 3 N–H and O–H groups in total. The second kappa shape index (κ2) is 4.21. The van der Waals surface area contributed by atoms with E-state index in [1.807, 2.05) is 0 Å². The molecule has 0 unspecified atom stereocenters. The minimum Gasteiger partial charge on any atom is -0.480 e. The lowest BCUT2D eigenvalue weighted by molar-refractivity contribution is -0.158. The predicted octanol–water partition coefficient (Wildman–Crippen LogP) is -0.983. The van der Waals surface area contributed by atoms with Crippen LogP contribution in [0.1, 0.15) is 0 Å². The van der Waals surface area contributed by atoms with Gasteiger partial charge in [-0.1, -0.05) is 0 Å². The molecule has 0 heterocycles. The van der Waals surface area contributed by atoms with Gasteiger partial charge in [0.25, 0.3) is 0 Å². The number of carbonyl (C=O) groups is 1. The monoisotopic (exact) mass is 149 g/mol. The Bertz CT molecular complexity index is 112. The maximum absolute atomic E-state index is 10.2. The molecule has 0 radical (unpaired) electrons. The van der Waals surface area contributed by atoms with Gasteiger partial charge in [0, 0.05) is 14.2 Å². The maximum Gasteiger partial charge on any atom is 0.325 e. The number of carboxylic acids is 1. The van der Waals surface area contributed by atoms with E-state index in [0.29, 0.717) is 0 Å².